The number of hydrogen-bond acceptors (Lipinski definition) is 8. The van der Waals surface area contributed by atoms with Crippen molar-refractivity contribution in [3.63, 3.8) is 0 Å². The molecule has 0 aromatic rings. The van der Waals surface area contributed by atoms with E-state index < -0.39 is 59.4 Å². The van der Waals surface area contributed by atoms with Crippen LogP contribution in [0.5, 0.6) is 0 Å². The molecule has 0 bridgehead atoms. The number of phosphoric ester groups is 2. The van der Waals surface area contributed by atoms with Gasteiger partial charge < -0.3 is 34.9 Å². The third-order valence-corrected chi connectivity index (χ3v) is 2.97. The fraction of sp³-hybridized carbons (Fsp3) is 0.857. The van der Waals surface area contributed by atoms with E-state index in [1.807, 2.05) is 0 Å². The van der Waals surface area contributed by atoms with E-state index >= 15 is 0 Å². The van der Waals surface area contributed by atoms with Gasteiger partial charge in [0.25, 0.3) is 0 Å². The highest BCUT2D eigenvalue weighted by atomic mass is 31.2. The number of carbonyl (C=O) groups excluding carboxylic acids is 1. The minimum atomic E-state index is -4.92. The summed E-state index contributed by atoms with van der Waals surface area (Å²) in [7, 11) is -9.73. The normalized spacial score (nSPS) is 17.3. The summed E-state index contributed by atoms with van der Waals surface area (Å²) in [5.74, 6) is -1.26. The summed E-state index contributed by atoms with van der Waals surface area (Å²) in [6.07, 6.45) is -6.24. The molecule has 0 fully saturated rings. The van der Waals surface area contributed by atoms with Crippen LogP contribution in [0.15, 0.2) is 0 Å². The van der Waals surface area contributed by atoms with Crippen molar-refractivity contribution in [2.45, 2.75) is 24.7 Å². The second-order valence-electron chi connectivity index (χ2n) is 3.92. The third-order valence-electron chi connectivity index (χ3n) is 2.02. The first-order chi connectivity index (χ1) is 9.32. The van der Waals surface area contributed by atoms with Gasteiger partial charge in [0.2, 0.25) is 0 Å². The molecule has 0 rings (SSSR count). The predicted molar refractivity (Wildman–Crippen MR) is 63.6 cm³/mol. The number of ketones is 1. The zero-order valence-electron chi connectivity index (χ0n) is 10.4. The molecule has 14 heteroatoms. The highest BCUT2D eigenvalue weighted by Gasteiger charge is 2.29. The van der Waals surface area contributed by atoms with Crippen molar-refractivity contribution in [2.24, 2.45) is 0 Å². The maximum absolute atomic E-state index is 11.2. The van der Waals surface area contributed by atoms with Crippen LogP contribution in [-0.4, -0.2) is 72.2 Å². The Kier molecular flexibility index (Phi) is 8.32. The van der Waals surface area contributed by atoms with Gasteiger partial charge in [0.05, 0.1) is 18.8 Å². The Labute approximate surface area is 118 Å². The molecule has 0 aliphatic rings. The first-order valence-corrected chi connectivity index (χ1v) is 8.35. The maximum Gasteiger partial charge on any atom is 0.470 e. The Morgan fingerprint density at radius 3 is 1.86 bits per heavy atom. The molecule has 0 aliphatic carbocycles. The average molecular weight is 354 g/mol. The van der Waals surface area contributed by atoms with E-state index in [1.54, 1.807) is 0 Å². The standard InChI is InChI=1S/C7H16O12P2/c8-4(2-18-20(12,13)14)1-5(9)7(11)6(10)3-19-21(15,16)17/h4-5,7-9,11H,1-3H2,(H2,12,13,14)(H2,15,16,17)/t4-,5-,7+/m1/s1. The average Bonchev–Trinajstić information content (AvgIpc) is 2.30. The van der Waals surface area contributed by atoms with Gasteiger partial charge in [-0.15, -0.1) is 0 Å². The number of carbonyl (C=O) groups is 1. The molecule has 0 saturated carbocycles. The molecule has 126 valence electrons. The zero-order valence-corrected chi connectivity index (χ0v) is 12.2. The lowest BCUT2D eigenvalue weighted by molar-refractivity contribution is -0.136. The molecule has 0 aromatic heterocycles. The Morgan fingerprint density at radius 2 is 1.43 bits per heavy atom. The van der Waals surface area contributed by atoms with Gasteiger partial charge in [-0.2, -0.15) is 0 Å². The lowest BCUT2D eigenvalue weighted by Gasteiger charge is -2.20. The van der Waals surface area contributed by atoms with Crippen LogP contribution in [0.4, 0.5) is 0 Å². The number of aliphatic hydroxyl groups is 3. The minimum absolute atomic E-state index is 0.678. The summed E-state index contributed by atoms with van der Waals surface area (Å²) in [6, 6.07) is 0. The Balaban J connectivity index is 4.25. The predicted octanol–water partition coefficient (Wildman–Crippen LogP) is -2.75. The summed E-state index contributed by atoms with van der Waals surface area (Å²) in [5, 5.41) is 28.0. The molecule has 0 unspecified atom stereocenters. The summed E-state index contributed by atoms with van der Waals surface area (Å²) in [6.45, 7) is -2.03. The van der Waals surface area contributed by atoms with Gasteiger partial charge >= 0.3 is 15.6 Å². The largest absolute Gasteiger partial charge is 0.470 e. The van der Waals surface area contributed by atoms with Crippen molar-refractivity contribution in [2.75, 3.05) is 13.2 Å². The fourth-order valence-electron chi connectivity index (χ4n) is 1.11. The second kappa shape index (κ2) is 8.42. The van der Waals surface area contributed by atoms with Crippen molar-refractivity contribution in [1.82, 2.24) is 0 Å². The third kappa shape index (κ3) is 11.0. The van der Waals surface area contributed by atoms with E-state index in [2.05, 4.69) is 9.05 Å². The highest BCUT2D eigenvalue weighted by Crippen LogP contribution is 2.36. The molecule has 21 heavy (non-hydrogen) atoms. The number of hydrogen-bond donors (Lipinski definition) is 7. The summed E-state index contributed by atoms with van der Waals surface area (Å²) < 4.78 is 28.4. The summed E-state index contributed by atoms with van der Waals surface area (Å²) in [5.41, 5.74) is 0. The minimum Gasteiger partial charge on any atom is -0.391 e. The van der Waals surface area contributed by atoms with Crippen molar-refractivity contribution < 1.29 is 57.9 Å². The molecular formula is C7H16O12P2. The molecule has 3 atom stereocenters. The SMILES string of the molecule is O=C(COP(=O)(O)O)[C@@H](O)[C@H](O)C[C@@H](O)COP(=O)(O)O. The van der Waals surface area contributed by atoms with Crippen LogP contribution in [0.25, 0.3) is 0 Å². The first-order valence-electron chi connectivity index (χ1n) is 5.29. The van der Waals surface area contributed by atoms with Gasteiger partial charge in [0, 0.05) is 6.42 Å². The van der Waals surface area contributed by atoms with Gasteiger partial charge in [-0.25, -0.2) is 9.13 Å². The summed E-state index contributed by atoms with van der Waals surface area (Å²) >= 11 is 0. The van der Waals surface area contributed by atoms with Gasteiger partial charge in [-0.05, 0) is 0 Å². The molecule has 0 radical (unpaired) electrons. The summed E-state index contributed by atoms with van der Waals surface area (Å²) in [4.78, 5) is 44.6. The van der Waals surface area contributed by atoms with Gasteiger partial charge in [-0.1, -0.05) is 0 Å². The van der Waals surface area contributed by atoms with E-state index in [4.69, 9.17) is 19.6 Å². The zero-order chi connectivity index (χ0) is 16.8. The first kappa shape index (κ1) is 20.8. The van der Waals surface area contributed by atoms with Crippen molar-refractivity contribution >= 4 is 21.4 Å². The Bertz CT molecular complexity index is 425. The maximum atomic E-state index is 11.2. The number of rotatable bonds is 10. The molecule has 0 heterocycles. The van der Waals surface area contributed by atoms with Crippen LogP contribution in [0.1, 0.15) is 6.42 Å². The molecule has 0 aliphatic heterocycles. The Morgan fingerprint density at radius 1 is 0.952 bits per heavy atom. The van der Waals surface area contributed by atoms with Crippen LogP contribution in [0.2, 0.25) is 0 Å². The van der Waals surface area contributed by atoms with Crippen LogP contribution >= 0.6 is 15.6 Å². The van der Waals surface area contributed by atoms with Crippen LogP contribution < -0.4 is 0 Å². The molecule has 0 amide bonds. The smallest absolute Gasteiger partial charge is 0.391 e. The molecule has 12 nitrogen and oxygen atoms in total. The van der Waals surface area contributed by atoms with Crippen molar-refractivity contribution in [1.29, 1.82) is 0 Å². The van der Waals surface area contributed by atoms with Gasteiger partial charge in [-0.3, -0.25) is 13.8 Å². The van der Waals surface area contributed by atoms with Crippen molar-refractivity contribution in [3.8, 4) is 0 Å². The highest BCUT2D eigenvalue weighted by molar-refractivity contribution is 7.46. The van der Waals surface area contributed by atoms with Crippen LogP contribution in [0, 0.1) is 0 Å². The van der Waals surface area contributed by atoms with Crippen LogP contribution in [-0.2, 0) is 23.0 Å². The van der Waals surface area contributed by atoms with Crippen LogP contribution in [0.3, 0.4) is 0 Å². The molecule has 0 saturated heterocycles. The molecular weight excluding hydrogens is 338 g/mol. The number of phosphoric acid groups is 2. The molecule has 0 aromatic carbocycles. The lowest BCUT2D eigenvalue weighted by Crippen LogP contribution is -2.39. The van der Waals surface area contributed by atoms with Crippen molar-refractivity contribution in [3.05, 3.63) is 0 Å². The number of aliphatic hydroxyl groups excluding tert-OH is 3. The topological polar surface area (TPSA) is 211 Å². The van der Waals surface area contributed by atoms with Gasteiger partial charge in [0.1, 0.15) is 12.7 Å². The lowest BCUT2D eigenvalue weighted by atomic mass is 10.0. The molecule has 0 spiro atoms. The molecule has 7 N–H and O–H groups in total. The van der Waals surface area contributed by atoms with E-state index in [1.165, 1.54) is 0 Å². The van der Waals surface area contributed by atoms with E-state index in [-0.39, 0.29) is 0 Å². The van der Waals surface area contributed by atoms with E-state index in [0.29, 0.717) is 0 Å². The van der Waals surface area contributed by atoms with E-state index in [0.717, 1.165) is 0 Å². The van der Waals surface area contributed by atoms with E-state index in [9.17, 15) is 29.2 Å². The number of Topliss-reactive ketones (excluding diaryl/α,β-unsaturated/α-hetero) is 1. The Hall–Kier alpha value is -0.230. The monoisotopic (exact) mass is 354 g/mol. The van der Waals surface area contributed by atoms with Gasteiger partial charge in [0.15, 0.2) is 5.78 Å². The fourth-order valence-corrected chi connectivity index (χ4v) is 1.77. The quantitative estimate of drug-likeness (QED) is 0.199. The second-order valence-corrected chi connectivity index (χ2v) is 6.40.